The number of likely N-dealkylation sites (tertiary alicyclic amines) is 1. The van der Waals surface area contributed by atoms with E-state index in [1.165, 1.54) is 0 Å². The van der Waals surface area contributed by atoms with Gasteiger partial charge in [0, 0.05) is 31.5 Å². The van der Waals surface area contributed by atoms with Crippen molar-refractivity contribution in [2.24, 2.45) is 7.05 Å². The van der Waals surface area contributed by atoms with Crippen molar-refractivity contribution in [3.05, 3.63) is 35.9 Å². The zero-order chi connectivity index (χ0) is 15.9. The summed E-state index contributed by atoms with van der Waals surface area (Å²) in [4.78, 5) is 14.8. The molecule has 0 radical (unpaired) electrons. The molecule has 1 aliphatic rings. The molecule has 0 bridgehead atoms. The average Bonchev–Trinajstić information content (AvgIpc) is 3.16. The van der Waals surface area contributed by atoms with Crippen molar-refractivity contribution in [2.75, 3.05) is 6.54 Å². The molecule has 1 aliphatic heterocycles. The van der Waals surface area contributed by atoms with Gasteiger partial charge in [-0.25, -0.2) is 0 Å². The third kappa shape index (κ3) is 2.65. The first-order valence-corrected chi connectivity index (χ1v) is 7.71. The first kappa shape index (κ1) is 14.8. The Morgan fingerprint density at radius 1 is 1.23 bits per heavy atom. The van der Waals surface area contributed by atoms with Crippen LogP contribution in [0.3, 0.4) is 0 Å². The van der Waals surface area contributed by atoms with Crippen LogP contribution in [0, 0.1) is 0 Å². The van der Waals surface area contributed by atoms with Crippen molar-refractivity contribution >= 4 is 5.91 Å². The minimum absolute atomic E-state index is 0.0573. The Morgan fingerprint density at radius 3 is 2.59 bits per heavy atom. The van der Waals surface area contributed by atoms with Crippen molar-refractivity contribution in [1.82, 2.24) is 24.5 Å². The highest BCUT2D eigenvalue weighted by atomic mass is 16.2. The minimum atomic E-state index is -0.119. The zero-order valence-electron chi connectivity index (χ0n) is 13.7. The molecule has 22 heavy (non-hydrogen) atoms. The summed E-state index contributed by atoms with van der Waals surface area (Å²) in [5, 5.41) is 8.56. The maximum Gasteiger partial charge on any atom is 0.257 e. The van der Waals surface area contributed by atoms with E-state index in [4.69, 9.17) is 0 Å². The van der Waals surface area contributed by atoms with Gasteiger partial charge in [0.15, 0.2) is 0 Å². The Morgan fingerprint density at radius 2 is 2.00 bits per heavy atom. The Balaban J connectivity index is 1.83. The van der Waals surface area contributed by atoms with E-state index in [0.29, 0.717) is 5.56 Å². The number of carbonyl (C=O) groups is 1. The van der Waals surface area contributed by atoms with Gasteiger partial charge in [-0.2, -0.15) is 10.2 Å². The first-order chi connectivity index (χ1) is 10.4. The first-order valence-electron chi connectivity index (χ1n) is 7.71. The fourth-order valence-corrected chi connectivity index (χ4v) is 2.93. The number of rotatable bonds is 2. The summed E-state index contributed by atoms with van der Waals surface area (Å²) in [5.41, 5.74) is 1.65. The Hall–Kier alpha value is -2.11. The molecule has 0 spiro atoms. The van der Waals surface area contributed by atoms with Crippen LogP contribution >= 0.6 is 0 Å². The lowest BCUT2D eigenvalue weighted by Gasteiger charge is -2.23. The second-order valence-electron chi connectivity index (χ2n) is 6.95. The van der Waals surface area contributed by atoms with Crippen molar-refractivity contribution in [3.63, 3.8) is 0 Å². The SMILES string of the molecule is Cn1cc([C@@H]2CCCN2C(=O)c2cnn(C(C)(C)C)c2)cn1. The normalized spacial score (nSPS) is 18.9. The van der Waals surface area contributed by atoms with Gasteiger partial charge in [0.1, 0.15) is 0 Å². The number of carbonyl (C=O) groups excluding carboxylic acids is 1. The standard InChI is InChI=1S/C16H23N5O/c1-16(2,3)21-11-13(9-18-21)15(22)20-7-5-6-14(20)12-8-17-19(4)10-12/h8-11,14H,5-7H2,1-4H3/t14-/m0/s1. The van der Waals surface area contributed by atoms with E-state index in [0.717, 1.165) is 24.9 Å². The molecule has 3 rings (SSSR count). The van der Waals surface area contributed by atoms with Crippen LogP contribution in [-0.4, -0.2) is 36.9 Å². The van der Waals surface area contributed by atoms with E-state index in [9.17, 15) is 4.79 Å². The summed E-state index contributed by atoms with van der Waals surface area (Å²) >= 11 is 0. The van der Waals surface area contributed by atoms with Crippen LogP contribution in [0.25, 0.3) is 0 Å². The van der Waals surface area contributed by atoms with Crippen LogP contribution in [0.1, 0.15) is 55.6 Å². The van der Waals surface area contributed by atoms with E-state index >= 15 is 0 Å². The topological polar surface area (TPSA) is 56.0 Å². The highest BCUT2D eigenvalue weighted by molar-refractivity contribution is 5.94. The molecule has 2 aromatic rings. The van der Waals surface area contributed by atoms with Crippen molar-refractivity contribution < 1.29 is 4.79 Å². The molecule has 0 aromatic carbocycles. The van der Waals surface area contributed by atoms with Gasteiger partial charge < -0.3 is 4.90 Å². The molecule has 0 aliphatic carbocycles. The Labute approximate surface area is 130 Å². The summed E-state index contributed by atoms with van der Waals surface area (Å²) in [6.45, 7) is 7.01. The third-order valence-electron chi connectivity index (χ3n) is 4.14. The van der Waals surface area contributed by atoms with Gasteiger partial charge in [0.2, 0.25) is 0 Å². The van der Waals surface area contributed by atoms with E-state index in [1.54, 1.807) is 10.9 Å². The third-order valence-corrected chi connectivity index (χ3v) is 4.14. The van der Waals surface area contributed by atoms with Crippen molar-refractivity contribution in [1.29, 1.82) is 0 Å². The molecular formula is C16H23N5O. The lowest BCUT2D eigenvalue weighted by molar-refractivity contribution is 0.0735. The van der Waals surface area contributed by atoms with Gasteiger partial charge in [-0.1, -0.05) is 0 Å². The zero-order valence-corrected chi connectivity index (χ0v) is 13.7. The molecule has 2 aromatic heterocycles. The lowest BCUT2D eigenvalue weighted by atomic mass is 10.1. The van der Waals surface area contributed by atoms with Crippen molar-refractivity contribution in [2.45, 2.75) is 45.2 Å². The van der Waals surface area contributed by atoms with Crippen LogP contribution in [0.4, 0.5) is 0 Å². The highest BCUT2D eigenvalue weighted by Crippen LogP contribution is 2.32. The van der Waals surface area contributed by atoms with Gasteiger partial charge in [0.05, 0.1) is 29.5 Å². The molecule has 0 saturated carbocycles. The molecule has 6 nitrogen and oxygen atoms in total. The Kier molecular flexibility index (Phi) is 3.54. The molecule has 0 N–H and O–H groups in total. The van der Waals surface area contributed by atoms with Gasteiger partial charge in [-0.3, -0.25) is 14.2 Å². The van der Waals surface area contributed by atoms with E-state index in [-0.39, 0.29) is 17.5 Å². The highest BCUT2D eigenvalue weighted by Gasteiger charge is 2.32. The predicted molar refractivity (Wildman–Crippen MR) is 83.4 cm³/mol. The van der Waals surface area contributed by atoms with E-state index in [1.807, 2.05) is 35.2 Å². The van der Waals surface area contributed by atoms with Gasteiger partial charge in [0.25, 0.3) is 5.91 Å². The maximum atomic E-state index is 12.8. The van der Waals surface area contributed by atoms with Crippen LogP contribution in [0.5, 0.6) is 0 Å². The fraction of sp³-hybridized carbons (Fsp3) is 0.562. The molecule has 3 heterocycles. The summed E-state index contributed by atoms with van der Waals surface area (Å²) in [6, 6.07) is 0.124. The van der Waals surface area contributed by atoms with Crippen LogP contribution in [0.2, 0.25) is 0 Å². The molecule has 1 amide bonds. The summed E-state index contributed by atoms with van der Waals surface area (Å²) < 4.78 is 3.63. The molecule has 1 fully saturated rings. The molecule has 1 saturated heterocycles. The van der Waals surface area contributed by atoms with Gasteiger partial charge >= 0.3 is 0 Å². The van der Waals surface area contributed by atoms with E-state index < -0.39 is 0 Å². The summed E-state index contributed by atoms with van der Waals surface area (Å²) in [6.07, 6.45) is 9.39. The largest absolute Gasteiger partial charge is 0.331 e. The van der Waals surface area contributed by atoms with Crippen molar-refractivity contribution in [3.8, 4) is 0 Å². The van der Waals surface area contributed by atoms with Crippen LogP contribution < -0.4 is 0 Å². The van der Waals surface area contributed by atoms with E-state index in [2.05, 4.69) is 31.0 Å². The fourth-order valence-electron chi connectivity index (χ4n) is 2.93. The molecule has 0 unspecified atom stereocenters. The predicted octanol–water partition coefficient (Wildman–Crippen LogP) is 2.35. The summed E-state index contributed by atoms with van der Waals surface area (Å²) in [5.74, 6) is 0.0573. The van der Waals surface area contributed by atoms with Gasteiger partial charge in [-0.05, 0) is 33.6 Å². The minimum Gasteiger partial charge on any atom is -0.331 e. The number of amides is 1. The monoisotopic (exact) mass is 301 g/mol. The number of aromatic nitrogens is 4. The lowest BCUT2D eigenvalue weighted by Crippen LogP contribution is -2.30. The van der Waals surface area contributed by atoms with Crippen LogP contribution in [-0.2, 0) is 12.6 Å². The average molecular weight is 301 g/mol. The number of nitrogens with zero attached hydrogens (tertiary/aromatic N) is 5. The van der Waals surface area contributed by atoms with Crippen LogP contribution in [0.15, 0.2) is 24.8 Å². The number of hydrogen-bond donors (Lipinski definition) is 0. The molecule has 6 heteroatoms. The molecule has 1 atom stereocenters. The quantitative estimate of drug-likeness (QED) is 0.855. The number of aryl methyl sites for hydroxylation is 1. The second-order valence-corrected chi connectivity index (χ2v) is 6.95. The Bertz CT molecular complexity index is 679. The summed E-state index contributed by atoms with van der Waals surface area (Å²) in [7, 11) is 1.90. The maximum absolute atomic E-state index is 12.8. The van der Waals surface area contributed by atoms with Gasteiger partial charge in [-0.15, -0.1) is 0 Å². The molecule has 118 valence electrons. The smallest absolute Gasteiger partial charge is 0.257 e. The number of hydrogen-bond acceptors (Lipinski definition) is 3. The molecular weight excluding hydrogens is 278 g/mol. The second kappa shape index (κ2) is 5.26.